The molecular formula is C31H52N4O4. The summed E-state index contributed by atoms with van der Waals surface area (Å²) in [6.07, 6.45) is 3.82. The molecule has 1 saturated heterocycles. The summed E-state index contributed by atoms with van der Waals surface area (Å²) in [7, 11) is 1.81. The quantitative estimate of drug-likeness (QED) is 0.240. The van der Waals surface area contributed by atoms with E-state index in [0.717, 1.165) is 11.3 Å². The Bertz CT molecular complexity index is 952. The highest BCUT2D eigenvalue weighted by molar-refractivity contribution is 5.81. The van der Waals surface area contributed by atoms with Crippen LogP contribution >= 0.6 is 0 Å². The molecule has 2 atom stereocenters. The average molecular weight is 545 g/mol. The zero-order chi connectivity index (χ0) is 30.1. The van der Waals surface area contributed by atoms with Crippen molar-refractivity contribution >= 4 is 17.7 Å². The molecule has 1 aliphatic rings. The lowest BCUT2D eigenvalue weighted by molar-refractivity contribution is -0.136. The van der Waals surface area contributed by atoms with Gasteiger partial charge in [-0.1, -0.05) is 53.5 Å². The minimum absolute atomic E-state index is 0.0513. The third kappa shape index (κ3) is 11.7. The van der Waals surface area contributed by atoms with Crippen LogP contribution in [0.5, 0.6) is 0 Å². The Balaban J connectivity index is 2.75. The molecule has 8 nitrogen and oxygen atoms in total. The van der Waals surface area contributed by atoms with Gasteiger partial charge in [0.2, 0.25) is 17.7 Å². The topological polar surface area (TPSA) is 91.0 Å². The molecule has 8 heteroatoms. The Morgan fingerprint density at radius 3 is 2.28 bits per heavy atom. The van der Waals surface area contributed by atoms with E-state index in [2.05, 4.69) is 51.1 Å². The van der Waals surface area contributed by atoms with Crippen molar-refractivity contribution in [2.75, 3.05) is 26.7 Å². The molecule has 0 aliphatic carbocycles. The molecule has 39 heavy (non-hydrogen) atoms. The fourth-order valence-electron chi connectivity index (χ4n) is 3.94. The van der Waals surface area contributed by atoms with Crippen molar-refractivity contribution in [3.63, 3.8) is 0 Å². The highest BCUT2D eigenvalue weighted by Crippen LogP contribution is 2.27. The summed E-state index contributed by atoms with van der Waals surface area (Å²) >= 11 is 0. The monoisotopic (exact) mass is 544 g/mol. The second kappa shape index (κ2) is 14.4. The number of nitrogens with zero attached hydrogens (tertiary/aromatic N) is 2. The molecule has 0 radical (unpaired) electrons. The number of rotatable bonds is 14. The average Bonchev–Trinajstić information content (AvgIpc) is 3.14. The van der Waals surface area contributed by atoms with Crippen molar-refractivity contribution < 1.29 is 19.1 Å². The van der Waals surface area contributed by atoms with Crippen LogP contribution < -0.4 is 10.6 Å². The first-order chi connectivity index (χ1) is 17.8. The molecule has 0 aromatic heterocycles. The minimum atomic E-state index is -0.441. The molecule has 0 aromatic rings. The summed E-state index contributed by atoms with van der Waals surface area (Å²) < 4.78 is 6.02. The van der Waals surface area contributed by atoms with Gasteiger partial charge in [-0.25, -0.2) is 0 Å². The SMILES string of the molecule is C=C(NC(CCC(=O)NCCN1C(=C)CCC1=O)C(=C)OC(C)(C)C)/C(C)=C/CN(C)C(=O)C(C)C(C)(C)C. The number of likely N-dealkylation sites (tertiary alicyclic amines) is 1. The van der Waals surface area contributed by atoms with Gasteiger partial charge < -0.3 is 25.2 Å². The third-order valence-electron chi connectivity index (χ3n) is 7.00. The van der Waals surface area contributed by atoms with E-state index < -0.39 is 5.60 Å². The van der Waals surface area contributed by atoms with Gasteiger partial charge in [-0.3, -0.25) is 14.4 Å². The van der Waals surface area contributed by atoms with Crippen molar-refractivity contribution in [1.82, 2.24) is 20.4 Å². The minimum Gasteiger partial charge on any atom is -0.491 e. The number of carbonyl (C=O) groups excluding carboxylic acids is 3. The number of hydrogen-bond donors (Lipinski definition) is 2. The van der Waals surface area contributed by atoms with Gasteiger partial charge in [-0.15, -0.1) is 0 Å². The van der Waals surface area contributed by atoms with E-state index in [1.54, 1.807) is 16.8 Å². The molecule has 1 rings (SSSR count). The lowest BCUT2D eigenvalue weighted by Crippen LogP contribution is -2.38. The number of allylic oxidation sites excluding steroid dienone is 2. The van der Waals surface area contributed by atoms with E-state index in [4.69, 9.17) is 4.74 Å². The number of ether oxygens (including phenoxy) is 1. The lowest BCUT2D eigenvalue weighted by Gasteiger charge is -2.30. The molecule has 0 aromatic carbocycles. The maximum Gasteiger partial charge on any atom is 0.227 e. The number of nitrogens with one attached hydrogen (secondary N) is 2. The van der Waals surface area contributed by atoms with Gasteiger partial charge in [0.05, 0.1) is 6.04 Å². The summed E-state index contributed by atoms with van der Waals surface area (Å²) in [5.74, 6) is 0.457. The van der Waals surface area contributed by atoms with Crippen LogP contribution in [0.2, 0.25) is 0 Å². The van der Waals surface area contributed by atoms with E-state index in [9.17, 15) is 14.4 Å². The summed E-state index contributed by atoms with van der Waals surface area (Å²) in [6.45, 7) is 29.4. The van der Waals surface area contributed by atoms with Gasteiger partial charge in [0.25, 0.3) is 0 Å². The van der Waals surface area contributed by atoms with E-state index >= 15 is 0 Å². The standard InChI is InChI=1S/C31H52N4O4/c1-21(17-19-34(12)29(38)23(3)30(6,7)8)24(4)33-26(25(5)39-31(9,10)11)14-15-27(36)32-18-20-35-22(2)13-16-28(35)37/h17,23,26,33H,2,4-5,13-16,18-20H2,1,3,6-12H3,(H,32,36)/b21-17+. The summed E-state index contributed by atoms with van der Waals surface area (Å²) in [5, 5.41) is 6.26. The Labute approximate surface area is 236 Å². The Morgan fingerprint density at radius 1 is 1.15 bits per heavy atom. The molecule has 2 unspecified atom stereocenters. The Hall–Kier alpha value is -3.03. The van der Waals surface area contributed by atoms with Crippen LogP contribution in [-0.4, -0.2) is 65.8 Å². The fraction of sp³-hybridized carbons (Fsp3) is 0.645. The molecule has 3 amide bonds. The zero-order valence-corrected chi connectivity index (χ0v) is 25.8. The van der Waals surface area contributed by atoms with E-state index in [1.807, 2.05) is 40.7 Å². The molecule has 2 N–H and O–H groups in total. The van der Waals surface area contributed by atoms with Crippen LogP contribution in [0, 0.1) is 11.3 Å². The summed E-state index contributed by atoms with van der Waals surface area (Å²) in [6, 6.07) is -0.342. The Morgan fingerprint density at radius 2 is 1.77 bits per heavy atom. The smallest absolute Gasteiger partial charge is 0.227 e. The van der Waals surface area contributed by atoms with Gasteiger partial charge in [0, 0.05) is 56.8 Å². The maximum absolute atomic E-state index is 12.8. The molecule has 0 saturated carbocycles. The maximum atomic E-state index is 12.8. The summed E-state index contributed by atoms with van der Waals surface area (Å²) in [5.41, 5.74) is 1.82. The van der Waals surface area contributed by atoms with E-state index in [1.165, 1.54) is 0 Å². The van der Waals surface area contributed by atoms with Crippen molar-refractivity contribution in [2.24, 2.45) is 11.3 Å². The number of amides is 3. The highest BCUT2D eigenvalue weighted by Gasteiger charge is 2.29. The highest BCUT2D eigenvalue weighted by atomic mass is 16.5. The molecule has 1 fully saturated rings. The number of carbonyl (C=O) groups is 3. The molecule has 1 heterocycles. The van der Waals surface area contributed by atoms with Crippen LogP contribution in [0.15, 0.2) is 48.5 Å². The summed E-state index contributed by atoms with van der Waals surface area (Å²) in [4.78, 5) is 40.6. The number of likely N-dealkylation sites (N-methyl/N-ethyl adjacent to an activating group) is 1. The van der Waals surface area contributed by atoms with Crippen LogP contribution in [-0.2, 0) is 19.1 Å². The van der Waals surface area contributed by atoms with Crippen LogP contribution in [0.25, 0.3) is 0 Å². The first-order valence-corrected chi connectivity index (χ1v) is 13.8. The van der Waals surface area contributed by atoms with Crippen molar-refractivity contribution in [3.05, 3.63) is 48.5 Å². The lowest BCUT2D eigenvalue weighted by atomic mass is 9.81. The predicted molar refractivity (Wildman–Crippen MR) is 158 cm³/mol. The van der Waals surface area contributed by atoms with E-state index in [0.29, 0.717) is 50.4 Å². The van der Waals surface area contributed by atoms with Gasteiger partial charge >= 0.3 is 0 Å². The second-order valence-corrected chi connectivity index (χ2v) is 12.6. The van der Waals surface area contributed by atoms with Gasteiger partial charge in [0.15, 0.2) is 0 Å². The number of hydrogen-bond acceptors (Lipinski definition) is 5. The van der Waals surface area contributed by atoms with Crippen molar-refractivity contribution in [1.29, 1.82) is 0 Å². The largest absolute Gasteiger partial charge is 0.491 e. The first kappa shape index (κ1) is 34.0. The van der Waals surface area contributed by atoms with Gasteiger partial charge in [0.1, 0.15) is 11.4 Å². The molecule has 0 spiro atoms. The second-order valence-electron chi connectivity index (χ2n) is 12.6. The van der Waals surface area contributed by atoms with Crippen LogP contribution in [0.1, 0.15) is 81.1 Å². The predicted octanol–water partition coefficient (Wildman–Crippen LogP) is 4.91. The third-order valence-corrected chi connectivity index (χ3v) is 7.00. The Kier molecular flexibility index (Phi) is 12.5. The normalized spacial score (nSPS) is 16.0. The first-order valence-electron chi connectivity index (χ1n) is 13.8. The molecule has 0 bridgehead atoms. The van der Waals surface area contributed by atoms with Crippen molar-refractivity contribution in [3.8, 4) is 0 Å². The van der Waals surface area contributed by atoms with Crippen LogP contribution in [0.4, 0.5) is 0 Å². The van der Waals surface area contributed by atoms with Gasteiger partial charge in [-0.2, -0.15) is 0 Å². The van der Waals surface area contributed by atoms with Crippen LogP contribution in [0.3, 0.4) is 0 Å². The van der Waals surface area contributed by atoms with Gasteiger partial charge in [-0.05, 0) is 51.5 Å². The molecular weight excluding hydrogens is 492 g/mol. The zero-order valence-electron chi connectivity index (χ0n) is 25.8. The van der Waals surface area contributed by atoms with Crippen molar-refractivity contribution in [2.45, 2.75) is 92.7 Å². The molecule has 220 valence electrons. The fourth-order valence-corrected chi connectivity index (χ4v) is 3.94. The van der Waals surface area contributed by atoms with E-state index in [-0.39, 0.29) is 41.5 Å². The molecule has 1 aliphatic heterocycles.